The summed E-state index contributed by atoms with van der Waals surface area (Å²) < 4.78 is 32.3. The Morgan fingerprint density at radius 1 is 1.11 bits per heavy atom. The van der Waals surface area contributed by atoms with Crippen molar-refractivity contribution in [3.63, 3.8) is 0 Å². The van der Waals surface area contributed by atoms with E-state index in [9.17, 15) is 22.8 Å². The van der Waals surface area contributed by atoms with Gasteiger partial charge in [-0.25, -0.2) is 13.2 Å². The van der Waals surface area contributed by atoms with Gasteiger partial charge in [0.15, 0.2) is 6.61 Å². The minimum atomic E-state index is -3.97. The molecule has 0 aliphatic heterocycles. The third-order valence-electron chi connectivity index (χ3n) is 3.82. The standard InChI is InChI=1S/C17H25N3O6S/c1-10(2)15(16(22)26-9-14(21)19-17(23)18-5)20-27(24,25)13-7-6-11(3)12(4)8-13/h6-8,10,15,20H,9H2,1-5H3,(H2,18,19,21,23)/t15-/m1/s1. The number of amides is 3. The highest BCUT2D eigenvalue weighted by Crippen LogP contribution is 2.16. The van der Waals surface area contributed by atoms with E-state index < -0.39 is 46.5 Å². The molecule has 150 valence electrons. The number of ether oxygens (including phenoxy) is 1. The second-order valence-corrected chi connectivity index (χ2v) is 8.04. The number of imide groups is 1. The lowest BCUT2D eigenvalue weighted by Gasteiger charge is -2.21. The molecule has 0 fully saturated rings. The van der Waals surface area contributed by atoms with Crippen LogP contribution in [-0.4, -0.2) is 46.0 Å². The molecule has 27 heavy (non-hydrogen) atoms. The molecular weight excluding hydrogens is 374 g/mol. The third kappa shape index (κ3) is 6.65. The highest BCUT2D eigenvalue weighted by atomic mass is 32.2. The fraction of sp³-hybridized carbons (Fsp3) is 0.471. The molecule has 0 saturated heterocycles. The molecular formula is C17H25N3O6S. The van der Waals surface area contributed by atoms with Crippen LogP contribution in [0.1, 0.15) is 25.0 Å². The van der Waals surface area contributed by atoms with E-state index in [2.05, 4.69) is 10.0 Å². The first kappa shape index (κ1) is 22.6. The van der Waals surface area contributed by atoms with Crippen molar-refractivity contribution < 1.29 is 27.5 Å². The molecule has 0 spiro atoms. The van der Waals surface area contributed by atoms with E-state index in [0.29, 0.717) is 0 Å². The van der Waals surface area contributed by atoms with Crippen molar-refractivity contribution >= 4 is 27.9 Å². The van der Waals surface area contributed by atoms with Crippen molar-refractivity contribution in [3.8, 4) is 0 Å². The van der Waals surface area contributed by atoms with Gasteiger partial charge in [0.25, 0.3) is 5.91 Å². The Morgan fingerprint density at radius 3 is 2.26 bits per heavy atom. The van der Waals surface area contributed by atoms with Gasteiger partial charge in [-0.1, -0.05) is 19.9 Å². The molecule has 3 amide bonds. The average Bonchev–Trinajstić information content (AvgIpc) is 2.59. The summed E-state index contributed by atoms with van der Waals surface area (Å²) in [6, 6.07) is 2.70. The molecule has 9 nitrogen and oxygen atoms in total. The SMILES string of the molecule is CNC(=O)NC(=O)COC(=O)[C@H](NS(=O)(=O)c1ccc(C)c(C)c1)C(C)C. The van der Waals surface area contributed by atoms with Crippen LogP contribution in [-0.2, 0) is 24.3 Å². The molecule has 1 atom stereocenters. The quantitative estimate of drug-likeness (QED) is 0.576. The molecule has 0 bridgehead atoms. The summed E-state index contributed by atoms with van der Waals surface area (Å²) in [6.07, 6.45) is 0. The van der Waals surface area contributed by atoms with Gasteiger partial charge in [-0.2, -0.15) is 4.72 Å². The van der Waals surface area contributed by atoms with Gasteiger partial charge in [-0.05, 0) is 43.0 Å². The summed E-state index contributed by atoms with van der Waals surface area (Å²) in [4.78, 5) is 34.8. The van der Waals surface area contributed by atoms with Gasteiger partial charge < -0.3 is 10.1 Å². The highest BCUT2D eigenvalue weighted by molar-refractivity contribution is 7.89. The van der Waals surface area contributed by atoms with Gasteiger partial charge >= 0.3 is 12.0 Å². The number of carbonyl (C=O) groups is 3. The number of nitrogens with one attached hydrogen (secondary N) is 3. The summed E-state index contributed by atoms with van der Waals surface area (Å²) in [5.74, 6) is -2.17. The van der Waals surface area contributed by atoms with Gasteiger partial charge in [0.05, 0.1) is 4.90 Å². The second kappa shape index (κ2) is 9.47. The largest absolute Gasteiger partial charge is 0.454 e. The van der Waals surface area contributed by atoms with Gasteiger partial charge in [0, 0.05) is 7.05 Å². The molecule has 0 heterocycles. The average molecular weight is 399 g/mol. The van der Waals surface area contributed by atoms with Crippen molar-refractivity contribution in [1.82, 2.24) is 15.4 Å². The number of carbonyl (C=O) groups excluding carboxylic acids is 3. The molecule has 10 heteroatoms. The van der Waals surface area contributed by atoms with Crippen LogP contribution in [0.4, 0.5) is 4.79 Å². The van der Waals surface area contributed by atoms with Crippen LogP contribution in [0.2, 0.25) is 0 Å². The molecule has 0 aliphatic rings. The number of esters is 1. The van der Waals surface area contributed by atoms with Crippen LogP contribution < -0.4 is 15.4 Å². The number of benzene rings is 1. The third-order valence-corrected chi connectivity index (χ3v) is 5.26. The predicted octanol–water partition coefficient (Wildman–Crippen LogP) is 0.605. The van der Waals surface area contributed by atoms with Gasteiger partial charge in [-0.15, -0.1) is 0 Å². The van der Waals surface area contributed by atoms with Crippen molar-refractivity contribution in [2.75, 3.05) is 13.7 Å². The number of hydrogen-bond donors (Lipinski definition) is 3. The number of aryl methyl sites for hydroxylation is 2. The Balaban J connectivity index is 2.85. The summed E-state index contributed by atoms with van der Waals surface area (Å²) >= 11 is 0. The first-order valence-corrected chi connectivity index (χ1v) is 9.74. The Kier molecular flexibility index (Phi) is 7.92. The maximum absolute atomic E-state index is 12.6. The first-order chi connectivity index (χ1) is 12.5. The zero-order valence-electron chi connectivity index (χ0n) is 16.0. The van der Waals surface area contributed by atoms with E-state index in [1.165, 1.54) is 19.2 Å². The topological polar surface area (TPSA) is 131 Å². The minimum Gasteiger partial charge on any atom is -0.454 e. The second-order valence-electron chi connectivity index (χ2n) is 6.32. The molecule has 1 aromatic rings. The normalized spacial score (nSPS) is 12.4. The van der Waals surface area contributed by atoms with E-state index >= 15 is 0 Å². The fourth-order valence-corrected chi connectivity index (χ4v) is 3.44. The van der Waals surface area contributed by atoms with Crippen molar-refractivity contribution in [2.24, 2.45) is 5.92 Å². The van der Waals surface area contributed by atoms with Crippen LogP contribution in [0.5, 0.6) is 0 Å². The first-order valence-electron chi connectivity index (χ1n) is 8.25. The Labute approximate surface area is 158 Å². The van der Waals surface area contributed by atoms with Crippen LogP contribution in [0, 0.1) is 19.8 Å². The van der Waals surface area contributed by atoms with Crippen molar-refractivity contribution in [1.29, 1.82) is 0 Å². The van der Waals surface area contributed by atoms with Gasteiger partial charge in [0.1, 0.15) is 6.04 Å². The fourth-order valence-electron chi connectivity index (χ4n) is 2.02. The van der Waals surface area contributed by atoms with Crippen LogP contribution in [0.25, 0.3) is 0 Å². The lowest BCUT2D eigenvalue weighted by Crippen LogP contribution is -2.46. The Morgan fingerprint density at radius 2 is 1.74 bits per heavy atom. The van der Waals surface area contributed by atoms with E-state index in [1.54, 1.807) is 26.8 Å². The minimum absolute atomic E-state index is 0.0291. The maximum Gasteiger partial charge on any atom is 0.324 e. The number of sulfonamides is 1. The smallest absolute Gasteiger partial charge is 0.324 e. The zero-order chi connectivity index (χ0) is 20.8. The maximum atomic E-state index is 12.6. The summed E-state index contributed by atoms with van der Waals surface area (Å²) in [6.45, 7) is 6.21. The zero-order valence-corrected chi connectivity index (χ0v) is 16.8. The summed E-state index contributed by atoms with van der Waals surface area (Å²) in [7, 11) is -2.64. The predicted molar refractivity (Wildman–Crippen MR) is 98.4 cm³/mol. The van der Waals surface area contributed by atoms with E-state index in [1.807, 2.05) is 12.2 Å². The van der Waals surface area contributed by atoms with Gasteiger partial charge in [0.2, 0.25) is 10.0 Å². The van der Waals surface area contributed by atoms with Crippen molar-refractivity contribution in [2.45, 2.75) is 38.6 Å². The van der Waals surface area contributed by atoms with Crippen molar-refractivity contribution in [3.05, 3.63) is 29.3 Å². The Bertz CT molecular complexity index is 820. The summed E-state index contributed by atoms with van der Waals surface area (Å²) in [5.41, 5.74) is 1.74. The number of rotatable bonds is 7. The number of hydrogen-bond acceptors (Lipinski definition) is 6. The van der Waals surface area contributed by atoms with E-state index in [-0.39, 0.29) is 4.90 Å². The van der Waals surface area contributed by atoms with E-state index in [0.717, 1.165) is 11.1 Å². The molecule has 0 radical (unpaired) electrons. The monoisotopic (exact) mass is 399 g/mol. The van der Waals surface area contributed by atoms with E-state index in [4.69, 9.17) is 4.74 Å². The lowest BCUT2D eigenvalue weighted by atomic mass is 10.1. The molecule has 0 unspecified atom stereocenters. The molecule has 0 aliphatic carbocycles. The molecule has 1 aromatic carbocycles. The van der Waals surface area contributed by atoms with Crippen LogP contribution >= 0.6 is 0 Å². The number of urea groups is 1. The molecule has 0 aromatic heterocycles. The van der Waals surface area contributed by atoms with Crippen LogP contribution in [0.3, 0.4) is 0 Å². The highest BCUT2D eigenvalue weighted by Gasteiger charge is 2.30. The molecule has 3 N–H and O–H groups in total. The van der Waals surface area contributed by atoms with Crippen LogP contribution in [0.15, 0.2) is 23.1 Å². The molecule has 0 saturated carbocycles. The summed E-state index contributed by atoms with van der Waals surface area (Å²) in [5, 5.41) is 4.11. The van der Waals surface area contributed by atoms with Gasteiger partial charge in [-0.3, -0.25) is 14.9 Å². The lowest BCUT2D eigenvalue weighted by molar-refractivity contribution is -0.150. The Hall–Kier alpha value is -2.46. The molecule has 1 rings (SSSR count).